The van der Waals surface area contributed by atoms with Gasteiger partial charge in [0.25, 0.3) is 0 Å². The maximum Gasteiger partial charge on any atom is 0.311 e. The van der Waals surface area contributed by atoms with Crippen LogP contribution >= 0.6 is 0 Å². The lowest BCUT2D eigenvalue weighted by molar-refractivity contribution is -0.386. The average Bonchev–Trinajstić information content (AvgIpc) is 2.75. The minimum absolute atomic E-state index is 0.00968. The normalized spacial score (nSPS) is 23.3. The molecular formula is C21H31NO9Si. The maximum absolute atomic E-state index is 11.9. The number of nitro benzene ring substituents is 1. The van der Waals surface area contributed by atoms with Crippen molar-refractivity contribution >= 4 is 25.9 Å². The van der Waals surface area contributed by atoms with Gasteiger partial charge in [0.05, 0.1) is 11.5 Å². The predicted molar refractivity (Wildman–Crippen MR) is 117 cm³/mol. The molecule has 0 N–H and O–H groups in total. The number of rotatable bonds is 10. The number of nitrogens with zero attached hydrogens (tertiary/aromatic N) is 1. The summed E-state index contributed by atoms with van der Waals surface area (Å²) in [6.07, 6.45) is -4.06. The summed E-state index contributed by atoms with van der Waals surface area (Å²) >= 11 is 0. The third kappa shape index (κ3) is 6.27. The molecule has 1 aromatic rings. The summed E-state index contributed by atoms with van der Waals surface area (Å²) < 4.78 is 29.0. The molecule has 1 aliphatic heterocycles. The van der Waals surface area contributed by atoms with Crippen LogP contribution in [0.15, 0.2) is 24.3 Å². The molecule has 1 aliphatic rings. The van der Waals surface area contributed by atoms with E-state index in [1.54, 1.807) is 6.07 Å². The maximum atomic E-state index is 11.9. The molecule has 178 valence electrons. The Morgan fingerprint density at radius 3 is 2.16 bits per heavy atom. The summed E-state index contributed by atoms with van der Waals surface area (Å²) in [7, 11) is -2.13. The summed E-state index contributed by atoms with van der Waals surface area (Å²) in [6.45, 7) is 8.66. The molecular weight excluding hydrogens is 438 g/mol. The summed E-state index contributed by atoms with van der Waals surface area (Å²) in [5.41, 5.74) is -0.269. The third-order valence-corrected chi connectivity index (χ3v) is 10.3. The molecule has 0 aromatic heterocycles. The lowest BCUT2D eigenvalue weighted by atomic mass is 10.0. The zero-order valence-corrected chi connectivity index (χ0v) is 20.1. The van der Waals surface area contributed by atoms with Crippen molar-refractivity contribution in [3.05, 3.63) is 34.4 Å². The Hall–Kier alpha value is -2.50. The Morgan fingerprint density at radius 2 is 1.62 bits per heavy atom. The van der Waals surface area contributed by atoms with Crippen molar-refractivity contribution in [2.24, 2.45) is 0 Å². The largest absolute Gasteiger partial charge is 0.455 e. The van der Waals surface area contributed by atoms with E-state index in [1.807, 2.05) is 0 Å². The van der Waals surface area contributed by atoms with Gasteiger partial charge in [0.1, 0.15) is 6.10 Å². The van der Waals surface area contributed by atoms with Crippen LogP contribution in [0, 0.1) is 10.1 Å². The molecule has 0 spiro atoms. The fourth-order valence-corrected chi connectivity index (χ4v) is 6.60. The van der Waals surface area contributed by atoms with E-state index in [0.29, 0.717) is 0 Å². The number of esters is 2. The van der Waals surface area contributed by atoms with Gasteiger partial charge in [0.2, 0.25) is 12.4 Å². The number of benzene rings is 1. The highest BCUT2D eigenvalue weighted by Gasteiger charge is 2.49. The van der Waals surface area contributed by atoms with Crippen molar-refractivity contribution in [3.63, 3.8) is 0 Å². The monoisotopic (exact) mass is 469 g/mol. The van der Waals surface area contributed by atoms with Gasteiger partial charge in [-0.3, -0.25) is 19.7 Å². The highest BCUT2D eigenvalue weighted by atomic mass is 28.4. The topological polar surface area (TPSA) is 123 Å². The lowest BCUT2D eigenvalue weighted by Crippen LogP contribution is -2.61. The Bertz CT molecular complexity index is 806. The first kappa shape index (κ1) is 25.8. The molecule has 10 nitrogen and oxygen atoms in total. The van der Waals surface area contributed by atoms with Gasteiger partial charge < -0.3 is 23.4 Å². The highest BCUT2D eigenvalue weighted by Crippen LogP contribution is 2.33. The quantitative estimate of drug-likeness (QED) is 0.219. The van der Waals surface area contributed by atoms with Crippen molar-refractivity contribution in [3.8, 4) is 5.75 Å². The van der Waals surface area contributed by atoms with E-state index in [4.69, 9.17) is 23.4 Å². The second-order valence-corrected chi connectivity index (χ2v) is 12.3. The molecule has 32 heavy (non-hydrogen) atoms. The van der Waals surface area contributed by atoms with E-state index < -0.39 is 49.8 Å². The van der Waals surface area contributed by atoms with Crippen molar-refractivity contribution in [2.75, 3.05) is 6.61 Å². The number of carbonyl (C=O) groups excluding carboxylic acids is 2. The first-order valence-corrected chi connectivity index (χ1v) is 13.2. The van der Waals surface area contributed by atoms with Gasteiger partial charge in [-0.25, -0.2) is 0 Å². The first-order valence-electron chi connectivity index (χ1n) is 10.7. The third-order valence-electron chi connectivity index (χ3n) is 5.63. The minimum atomic E-state index is -2.13. The van der Waals surface area contributed by atoms with Gasteiger partial charge in [-0.2, -0.15) is 0 Å². The lowest BCUT2D eigenvalue weighted by Gasteiger charge is -2.43. The van der Waals surface area contributed by atoms with Gasteiger partial charge in [-0.15, -0.1) is 0 Å². The molecule has 0 saturated carbocycles. The van der Waals surface area contributed by atoms with Crippen LogP contribution in [0.5, 0.6) is 5.75 Å². The molecule has 4 atom stereocenters. The summed E-state index contributed by atoms with van der Waals surface area (Å²) in [6, 6.07) is 8.36. The van der Waals surface area contributed by atoms with Crippen LogP contribution in [0.4, 0.5) is 5.69 Å². The Morgan fingerprint density at radius 1 is 1.06 bits per heavy atom. The summed E-state index contributed by atoms with van der Waals surface area (Å²) in [4.78, 5) is 34.5. The van der Waals surface area contributed by atoms with Gasteiger partial charge in [0, 0.05) is 19.9 Å². The number of nitro groups is 1. The number of para-hydroxylation sites is 2. The van der Waals surface area contributed by atoms with E-state index >= 15 is 0 Å². The summed E-state index contributed by atoms with van der Waals surface area (Å²) in [5, 5.41) is 11.4. The fraction of sp³-hybridized carbons (Fsp3) is 0.619. The van der Waals surface area contributed by atoms with Crippen LogP contribution in [0.25, 0.3) is 0 Å². The van der Waals surface area contributed by atoms with E-state index in [2.05, 4.69) is 20.8 Å². The van der Waals surface area contributed by atoms with Crippen LogP contribution in [0.1, 0.15) is 34.6 Å². The molecule has 1 heterocycles. The van der Waals surface area contributed by atoms with E-state index in [-0.39, 0.29) is 18.0 Å². The Labute approximate surface area is 188 Å². The SMILES string of the molecule is CC[Si](CC)(CC)O[C@H]1CO[C@H](Oc2ccccc2[N+](=O)[O-])[C@@H](OC(C)=O)[C@@H]1OC(C)=O. The van der Waals surface area contributed by atoms with Crippen molar-refractivity contribution in [1.82, 2.24) is 0 Å². The van der Waals surface area contributed by atoms with Crippen molar-refractivity contribution in [2.45, 2.75) is 77.4 Å². The Balaban J connectivity index is 2.39. The van der Waals surface area contributed by atoms with Crippen molar-refractivity contribution in [1.29, 1.82) is 0 Å². The molecule has 0 radical (unpaired) electrons. The van der Waals surface area contributed by atoms with Gasteiger partial charge in [-0.05, 0) is 24.2 Å². The molecule has 11 heteroatoms. The zero-order chi connectivity index (χ0) is 23.9. The van der Waals surface area contributed by atoms with Crippen LogP contribution < -0.4 is 4.74 Å². The van der Waals surface area contributed by atoms with Crippen LogP contribution in [-0.4, -0.2) is 56.4 Å². The molecule has 1 aromatic carbocycles. The van der Waals surface area contributed by atoms with E-state index in [9.17, 15) is 19.7 Å². The molecule has 2 rings (SSSR count). The smallest absolute Gasteiger partial charge is 0.311 e. The minimum Gasteiger partial charge on any atom is -0.455 e. The van der Waals surface area contributed by atoms with Gasteiger partial charge >= 0.3 is 17.6 Å². The van der Waals surface area contributed by atoms with Crippen LogP contribution in [0.3, 0.4) is 0 Å². The summed E-state index contributed by atoms with van der Waals surface area (Å²) in [5.74, 6) is -1.28. The van der Waals surface area contributed by atoms with E-state index in [1.165, 1.54) is 32.0 Å². The second kappa shape index (κ2) is 11.4. The highest BCUT2D eigenvalue weighted by molar-refractivity contribution is 6.73. The first-order chi connectivity index (χ1) is 15.2. The second-order valence-electron chi connectivity index (χ2n) is 7.59. The molecule has 0 unspecified atom stereocenters. The van der Waals surface area contributed by atoms with Crippen LogP contribution in [0.2, 0.25) is 18.1 Å². The fourth-order valence-electron chi connectivity index (χ4n) is 3.75. The van der Waals surface area contributed by atoms with Crippen molar-refractivity contribution < 1.29 is 37.9 Å². The Kier molecular flexibility index (Phi) is 9.17. The predicted octanol–water partition coefficient (Wildman–Crippen LogP) is 3.58. The standard InChI is InChI=1S/C21H31NO9Si/c1-6-32(7-2,8-3)31-18-13-27-21(20(29-15(5)24)19(18)28-14(4)23)30-17-12-10-9-11-16(17)22(25)26/h9-12,18-21H,6-8,13H2,1-5H3/t18-,19+,20-,21+/m0/s1. The van der Waals surface area contributed by atoms with E-state index in [0.717, 1.165) is 18.1 Å². The molecule has 0 aliphatic carbocycles. The molecule has 0 amide bonds. The number of hydrogen-bond acceptors (Lipinski definition) is 9. The number of ether oxygens (including phenoxy) is 4. The molecule has 1 saturated heterocycles. The van der Waals surface area contributed by atoms with Crippen LogP contribution in [-0.2, 0) is 28.2 Å². The molecule has 1 fully saturated rings. The molecule has 0 bridgehead atoms. The van der Waals surface area contributed by atoms with Gasteiger partial charge in [-0.1, -0.05) is 32.9 Å². The van der Waals surface area contributed by atoms with Gasteiger partial charge in [0.15, 0.2) is 20.2 Å². The zero-order valence-electron chi connectivity index (χ0n) is 19.1. The number of hydrogen-bond donors (Lipinski definition) is 0. The number of carbonyl (C=O) groups is 2. The average molecular weight is 470 g/mol.